The number of cyclic esters (lactones) is 1. The molecule has 0 fully saturated rings. The van der Waals surface area contributed by atoms with Crippen LogP contribution in [0, 0.1) is 0 Å². The SMILES string of the molecule is CCOC(=O)C1=C[C@H](c2ccc(Br)cc2)[C@](CC)(c2ccc(Cl)cc2)C(=O)O1. The first-order chi connectivity index (χ1) is 13.4. The monoisotopic (exact) mass is 462 g/mol. The highest BCUT2D eigenvalue weighted by Crippen LogP contribution is 2.48. The van der Waals surface area contributed by atoms with Gasteiger partial charge in [-0.25, -0.2) is 4.79 Å². The van der Waals surface area contributed by atoms with Crippen LogP contribution in [-0.2, 0) is 24.5 Å². The quantitative estimate of drug-likeness (QED) is 0.547. The van der Waals surface area contributed by atoms with Gasteiger partial charge >= 0.3 is 11.9 Å². The molecule has 0 bridgehead atoms. The molecule has 0 N–H and O–H groups in total. The molecule has 2 aromatic rings. The molecule has 1 heterocycles. The molecule has 0 amide bonds. The van der Waals surface area contributed by atoms with E-state index in [0.717, 1.165) is 15.6 Å². The summed E-state index contributed by atoms with van der Waals surface area (Å²) >= 11 is 9.49. The third-order valence-electron chi connectivity index (χ3n) is 5.04. The first-order valence-corrected chi connectivity index (χ1v) is 10.2. The van der Waals surface area contributed by atoms with Crippen LogP contribution in [0.15, 0.2) is 64.8 Å². The van der Waals surface area contributed by atoms with Gasteiger partial charge in [0.1, 0.15) is 5.41 Å². The van der Waals surface area contributed by atoms with Crippen molar-refractivity contribution >= 4 is 39.5 Å². The highest BCUT2D eigenvalue weighted by atomic mass is 79.9. The molecule has 4 nitrogen and oxygen atoms in total. The third-order valence-corrected chi connectivity index (χ3v) is 5.82. The van der Waals surface area contributed by atoms with Gasteiger partial charge in [-0.15, -0.1) is 0 Å². The number of carbonyl (C=O) groups excluding carboxylic acids is 2. The largest absolute Gasteiger partial charge is 0.460 e. The van der Waals surface area contributed by atoms with Crippen molar-refractivity contribution in [3.8, 4) is 0 Å². The predicted octanol–water partition coefficient (Wildman–Crippen LogP) is 5.54. The molecule has 1 aliphatic rings. The fourth-order valence-corrected chi connectivity index (χ4v) is 4.01. The van der Waals surface area contributed by atoms with E-state index in [4.69, 9.17) is 21.1 Å². The second-order valence-corrected chi connectivity index (χ2v) is 7.85. The van der Waals surface area contributed by atoms with Crippen molar-refractivity contribution in [1.82, 2.24) is 0 Å². The molecule has 3 rings (SSSR count). The van der Waals surface area contributed by atoms with Gasteiger partial charge in [0, 0.05) is 15.4 Å². The summed E-state index contributed by atoms with van der Waals surface area (Å²) in [5, 5.41) is 0.585. The van der Waals surface area contributed by atoms with Crippen molar-refractivity contribution < 1.29 is 19.1 Å². The van der Waals surface area contributed by atoms with Gasteiger partial charge in [-0.1, -0.05) is 58.7 Å². The molecule has 146 valence electrons. The number of ether oxygens (including phenoxy) is 2. The minimum Gasteiger partial charge on any atom is -0.460 e. The molecule has 6 heteroatoms. The Kier molecular flexibility index (Phi) is 6.26. The van der Waals surface area contributed by atoms with Crippen molar-refractivity contribution in [2.24, 2.45) is 0 Å². The number of rotatable bonds is 5. The molecule has 0 aromatic heterocycles. The zero-order valence-electron chi connectivity index (χ0n) is 15.6. The van der Waals surface area contributed by atoms with E-state index in [0.29, 0.717) is 11.4 Å². The topological polar surface area (TPSA) is 52.6 Å². The first kappa shape index (κ1) is 20.6. The minimum atomic E-state index is -0.978. The first-order valence-electron chi connectivity index (χ1n) is 9.05. The third kappa shape index (κ3) is 3.74. The van der Waals surface area contributed by atoms with Gasteiger partial charge in [-0.05, 0) is 54.8 Å². The number of hydrogen-bond donors (Lipinski definition) is 0. The summed E-state index contributed by atoms with van der Waals surface area (Å²) < 4.78 is 11.4. The zero-order valence-corrected chi connectivity index (χ0v) is 17.9. The van der Waals surface area contributed by atoms with Crippen molar-refractivity contribution in [3.63, 3.8) is 0 Å². The maximum absolute atomic E-state index is 13.3. The fourth-order valence-electron chi connectivity index (χ4n) is 3.62. The highest BCUT2D eigenvalue weighted by molar-refractivity contribution is 9.10. The maximum atomic E-state index is 13.3. The lowest BCUT2D eigenvalue weighted by atomic mass is 9.64. The molecule has 2 aromatic carbocycles. The molecule has 1 aliphatic heterocycles. The van der Waals surface area contributed by atoms with Crippen LogP contribution in [0.4, 0.5) is 0 Å². The van der Waals surface area contributed by atoms with Crippen LogP contribution in [0.25, 0.3) is 0 Å². The molecular formula is C22H20BrClO4. The Hall–Kier alpha value is -2.11. The molecule has 0 aliphatic carbocycles. The van der Waals surface area contributed by atoms with Crippen LogP contribution in [-0.4, -0.2) is 18.5 Å². The average Bonchev–Trinajstić information content (AvgIpc) is 2.69. The Bertz CT molecular complexity index is 905. The van der Waals surface area contributed by atoms with Crippen LogP contribution < -0.4 is 0 Å². The van der Waals surface area contributed by atoms with Gasteiger partial charge in [0.2, 0.25) is 5.76 Å². The smallest absolute Gasteiger partial charge is 0.374 e. The van der Waals surface area contributed by atoms with Crippen molar-refractivity contribution in [3.05, 3.63) is 81.0 Å². The lowest BCUT2D eigenvalue weighted by molar-refractivity contribution is -0.157. The molecule has 0 spiro atoms. The second kappa shape index (κ2) is 8.50. The van der Waals surface area contributed by atoms with Gasteiger partial charge in [-0.3, -0.25) is 4.79 Å². The molecular weight excluding hydrogens is 444 g/mol. The standard InChI is InChI=1S/C22H20BrClO4/c1-3-22(15-7-11-17(24)12-8-15)18(14-5-9-16(23)10-6-14)13-19(28-21(22)26)20(25)27-4-2/h5-13,18H,3-4H2,1-2H3/t18-,22+/m1/s1. The number of esters is 2. The summed E-state index contributed by atoms with van der Waals surface area (Å²) in [7, 11) is 0. The van der Waals surface area contributed by atoms with Crippen LogP contribution in [0.3, 0.4) is 0 Å². The van der Waals surface area contributed by atoms with E-state index in [9.17, 15) is 9.59 Å². The van der Waals surface area contributed by atoms with Gasteiger partial charge in [0.15, 0.2) is 0 Å². The van der Waals surface area contributed by atoms with Gasteiger partial charge in [0.25, 0.3) is 0 Å². The van der Waals surface area contributed by atoms with Crippen molar-refractivity contribution in [2.75, 3.05) is 6.61 Å². The van der Waals surface area contributed by atoms with Crippen molar-refractivity contribution in [1.29, 1.82) is 0 Å². The Morgan fingerprint density at radius 3 is 2.36 bits per heavy atom. The van der Waals surface area contributed by atoms with Crippen LogP contribution in [0.5, 0.6) is 0 Å². The summed E-state index contributed by atoms with van der Waals surface area (Å²) in [5.41, 5.74) is 0.712. The van der Waals surface area contributed by atoms with E-state index in [1.165, 1.54) is 0 Å². The van der Waals surface area contributed by atoms with Crippen LogP contribution in [0.2, 0.25) is 5.02 Å². The van der Waals surface area contributed by atoms with E-state index in [1.807, 2.05) is 43.3 Å². The van der Waals surface area contributed by atoms with E-state index in [-0.39, 0.29) is 12.4 Å². The summed E-state index contributed by atoms with van der Waals surface area (Å²) in [6, 6.07) is 14.9. The molecule has 0 unspecified atom stereocenters. The lowest BCUT2D eigenvalue weighted by Crippen LogP contribution is -2.45. The average molecular weight is 464 g/mol. The van der Waals surface area contributed by atoms with Crippen LogP contribution >= 0.6 is 27.5 Å². The Balaban J connectivity index is 2.20. The van der Waals surface area contributed by atoms with E-state index >= 15 is 0 Å². The normalized spacial score (nSPS) is 21.6. The second-order valence-electron chi connectivity index (χ2n) is 6.50. The van der Waals surface area contributed by atoms with Gasteiger partial charge in [0.05, 0.1) is 6.61 Å². The minimum absolute atomic E-state index is 0.0715. The van der Waals surface area contributed by atoms with Crippen molar-refractivity contribution in [2.45, 2.75) is 31.6 Å². The number of allylic oxidation sites excluding steroid dienone is 1. The summed E-state index contributed by atoms with van der Waals surface area (Å²) in [4.78, 5) is 25.6. The summed E-state index contributed by atoms with van der Waals surface area (Å²) in [5.74, 6) is -1.58. The Labute approximate surface area is 177 Å². The number of hydrogen-bond acceptors (Lipinski definition) is 4. The predicted molar refractivity (Wildman–Crippen MR) is 111 cm³/mol. The zero-order chi connectivity index (χ0) is 20.3. The molecule has 0 radical (unpaired) electrons. The number of halogens is 2. The maximum Gasteiger partial charge on any atom is 0.374 e. The fraction of sp³-hybridized carbons (Fsp3) is 0.273. The van der Waals surface area contributed by atoms with Gasteiger partial charge < -0.3 is 9.47 Å². The summed E-state index contributed by atoms with van der Waals surface area (Å²) in [6.45, 7) is 3.84. The lowest BCUT2D eigenvalue weighted by Gasteiger charge is -2.40. The Morgan fingerprint density at radius 2 is 1.79 bits per heavy atom. The van der Waals surface area contributed by atoms with E-state index in [1.54, 1.807) is 25.1 Å². The Morgan fingerprint density at radius 1 is 1.14 bits per heavy atom. The highest BCUT2D eigenvalue weighted by Gasteiger charge is 2.51. The van der Waals surface area contributed by atoms with Gasteiger partial charge in [-0.2, -0.15) is 0 Å². The number of benzene rings is 2. The van der Waals surface area contributed by atoms with E-state index < -0.39 is 23.3 Å². The molecule has 0 saturated carbocycles. The molecule has 28 heavy (non-hydrogen) atoms. The summed E-state index contributed by atoms with van der Waals surface area (Å²) in [6.07, 6.45) is 2.18. The number of carbonyl (C=O) groups is 2. The molecule has 0 saturated heterocycles. The molecule has 2 atom stereocenters. The van der Waals surface area contributed by atoms with Crippen LogP contribution in [0.1, 0.15) is 37.3 Å². The van der Waals surface area contributed by atoms with E-state index in [2.05, 4.69) is 15.9 Å².